The highest BCUT2D eigenvalue weighted by Gasteiger charge is 2.89. The topological polar surface area (TPSA) is 86.7 Å². The average Bonchev–Trinajstić information content (AvgIpc) is 2.80. The van der Waals surface area contributed by atoms with Crippen molar-refractivity contribution >= 4 is 20.2 Å². The standard InChI is InChI=1S/C16H10F24O6S2/c1-4(45-47(41,42)2-7(21,22)11(29,30)15(37,38)13(33,34)9(25,26)5(17)18)46-48(43,44)3-8(23,24)12(31,32)16(39,40)14(35,36)10(27,28)6(19)20/h4-6H,2-3H2,1H3. The Kier molecular flexibility index (Phi) is 12.2. The van der Waals surface area contributed by atoms with Crippen LogP contribution in [-0.4, -0.2) is 107 Å². The number of rotatable bonds is 18. The fraction of sp³-hybridized carbons (Fsp3) is 1.00. The summed E-state index contributed by atoms with van der Waals surface area (Å²) in [6.07, 6.45) is -15.7. The Morgan fingerprint density at radius 1 is 0.417 bits per heavy atom. The molecule has 0 bridgehead atoms. The van der Waals surface area contributed by atoms with Crippen molar-refractivity contribution in [2.75, 3.05) is 11.5 Å². The van der Waals surface area contributed by atoms with Crippen molar-refractivity contribution in [1.82, 2.24) is 0 Å². The van der Waals surface area contributed by atoms with E-state index in [4.69, 9.17) is 0 Å². The van der Waals surface area contributed by atoms with E-state index in [9.17, 15) is 122 Å². The van der Waals surface area contributed by atoms with Crippen LogP contribution in [0.25, 0.3) is 0 Å². The maximum absolute atomic E-state index is 13.8. The van der Waals surface area contributed by atoms with E-state index in [0.717, 1.165) is 0 Å². The highest BCUT2D eigenvalue weighted by Crippen LogP contribution is 2.60. The molecule has 0 radical (unpaired) electrons. The molecule has 0 spiro atoms. The molecule has 0 saturated heterocycles. The quantitative estimate of drug-likeness (QED) is 0.0850. The SMILES string of the molecule is CC(OS(=O)(=O)CC(F)(F)C(F)(F)C(F)(F)C(F)(F)C(F)(F)C(F)F)OS(=O)(=O)CC(F)(F)C(F)(F)C(F)(F)C(F)(F)C(F)(F)C(F)F. The minimum Gasteiger partial charge on any atom is -0.237 e. The van der Waals surface area contributed by atoms with Gasteiger partial charge in [0.05, 0.1) is 0 Å². The number of halogens is 24. The summed E-state index contributed by atoms with van der Waals surface area (Å²) in [4.78, 5) is 0. The molecule has 0 N–H and O–H groups in total. The second-order valence-corrected chi connectivity index (χ2v) is 12.1. The maximum atomic E-state index is 13.8. The van der Waals surface area contributed by atoms with Gasteiger partial charge in [0, 0.05) is 0 Å². The lowest BCUT2D eigenvalue weighted by Gasteiger charge is -2.39. The van der Waals surface area contributed by atoms with E-state index in [1.807, 2.05) is 0 Å². The zero-order chi connectivity index (χ0) is 39.6. The molecule has 0 aromatic heterocycles. The molecule has 0 amide bonds. The van der Waals surface area contributed by atoms with Crippen LogP contribution in [0.4, 0.5) is 105 Å². The lowest BCUT2D eigenvalue weighted by molar-refractivity contribution is -0.410. The second kappa shape index (κ2) is 12.7. The van der Waals surface area contributed by atoms with Crippen LogP contribution in [0.15, 0.2) is 0 Å². The summed E-state index contributed by atoms with van der Waals surface area (Å²) in [6, 6.07) is 0. The predicted molar refractivity (Wildman–Crippen MR) is 101 cm³/mol. The number of hydrogen-bond acceptors (Lipinski definition) is 6. The Labute approximate surface area is 248 Å². The van der Waals surface area contributed by atoms with Gasteiger partial charge in [-0.15, -0.1) is 0 Å². The maximum Gasteiger partial charge on any atom is 0.384 e. The van der Waals surface area contributed by atoms with E-state index < -0.39 is 117 Å². The highest BCUT2D eigenvalue weighted by atomic mass is 32.2. The van der Waals surface area contributed by atoms with Crippen LogP contribution in [0.2, 0.25) is 0 Å². The van der Waals surface area contributed by atoms with Crippen LogP contribution in [0, 0.1) is 0 Å². The molecule has 48 heavy (non-hydrogen) atoms. The number of hydrogen-bond donors (Lipinski definition) is 0. The molecule has 0 aliphatic rings. The van der Waals surface area contributed by atoms with Crippen LogP contribution >= 0.6 is 0 Å². The molecule has 0 heterocycles. The van der Waals surface area contributed by atoms with Crippen LogP contribution < -0.4 is 0 Å². The largest absolute Gasteiger partial charge is 0.384 e. The van der Waals surface area contributed by atoms with Gasteiger partial charge >= 0.3 is 72.1 Å². The molecule has 6 nitrogen and oxygen atoms in total. The Hall–Kier alpha value is -1.86. The molecule has 0 atom stereocenters. The third-order valence-electron chi connectivity index (χ3n) is 5.16. The summed E-state index contributed by atoms with van der Waals surface area (Å²) in [5.41, 5.74) is 0. The first-order valence-electron chi connectivity index (χ1n) is 10.6. The van der Waals surface area contributed by atoms with Gasteiger partial charge in [-0.3, -0.25) is 0 Å². The first-order chi connectivity index (χ1) is 20.4. The normalized spacial score (nSPS) is 16.4. The second-order valence-electron chi connectivity index (χ2n) is 8.87. The van der Waals surface area contributed by atoms with Crippen LogP contribution in [0.3, 0.4) is 0 Å². The van der Waals surface area contributed by atoms with E-state index in [-0.39, 0.29) is 0 Å². The third-order valence-corrected chi connectivity index (χ3v) is 7.72. The van der Waals surface area contributed by atoms with E-state index in [1.165, 1.54) is 0 Å². The van der Waals surface area contributed by atoms with Crippen molar-refractivity contribution < 1.29 is 131 Å². The molecular formula is C16H10F24O6S2. The molecule has 0 fully saturated rings. The van der Waals surface area contributed by atoms with Gasteiger partial charge < -0.3 is 0 Å². The van der Waals surface area contributed by atoms with Gasteiger partial charge in [-0.2, -0.15) is 105 Å². The van der Waals surface area contributed by atoms with Crippen molar-refractivity contribution in [2.24, 2.45) is 0 Å². The molecule has 0 saturated carbocycles. The zero-order valence-corrected chi connectivity index (χ0v) is 23.1. The smallest absolute Gasteiger partial charge is 0.237 e. The lowest BCUT2D eigenvalue weighted by Crippen LogP contribution is -2.69. The van der Waals surface area contributed by atoms with Crippen molar-refractivity contribution in [1.29, 1.82) is 0 Å². The van der Waals surface area contributed by atoms with Crippen LogP contribution in [0.1, 0.15) is 6.92 Å². The van der Waals surface area contributed by atoms with Crippen molar-refractivity contribution in [3.8, 4) is 0 Å². The van der Waals surface area contributed by atoms with Crippen molar-refractivity contribution in [3.63, 3.8) is 0 Å². The lowest BCUT2D eigenvalue weighted by atomic mass is 9.95. The van der Waals surface area contributed by atoms with Gasteiger partial charge in [-0.25, -0.2) is 25.9 Å². The van der Waals surface area contributed by atoms with E-state index in [1.54, 1.807) is 0 Å². The predicted octanol–water partition coefficient (Wildman–Crippen LogP) is 6.91. The van der Waals surface area contributed by atoms with E-state index in [0.29, 0.717) is 0 Å². The minimum absolute atomic E-state index is 0.417. The molecular weight excluding hydrogens is 808 g/mol. The first kappa shape index (κ1) is 46.1. The van der Waals surface area contributed by atoms with E-state index >= 15 is 0 Å². The van der Waals surface area contributed by atoms with Gasteiger partial charge in [-0.05, 0) is 6.92 Å². The molecule has 0 rings (SSSR count). The molecule has 0 unspecified atom stereocenters. The Morgan fingerprint density at radius 2 is 0.625 bits per heavy atom. The van der Waals surface area contributed by atoms with Crippen LogP contribution in [0.5, 0.6) is 0 Å². The summed E-state index contributed by atoms with van der Waals surface area (Å²) in [7, 11) is -14.1. The summed E-state index contributed by atoms with van der Waals surface area (Å²) in [5, 5.41) is 0. The van der Waals surface area contributed by atoms with Gasteiger partial charge in [-0.1, -0.05) is 0 Å². The zero-order valence-electron chi connectivity index (χ0n) is 21.5. The van der Waals surface area contributed by atoms with Gasteiger partial charge in [0.15, 0.2) is 6.29 Å². The summed E-state index contributed by atoms with van der Waals surface area (Å²) >= 11 is 0. The van der Waals surface area contributed by atoms with Crippen LogP contribution in [-0.2, 0) is 28.6 Å². The molecule has 0 aromatic rings. The average molecular weight is 818 g/mol. The fourth-order valence-electron chi connectivity index (χ4n) is 2.67. The minimum atomic E-state index is -8.31. The Bertz CT molecular complexity index is 1260. The Morgan fingerprint density at radius 3 is 0.812 bits per heavy atom. The monoisotopic (exact) mass is 818 g/mol. The van der Waals surface area contributed by atoms with Crippen molar-refractivity contribution in [3.05, 3.63) is 0 Å². The van der Waals surface area contributed by atoms with Crippen molar-refractivity contribution in [2.45, 2.75) is 85.3 Å². The van der Waals surface area contributed by atoms with Gasteiger partial charge in [0.2, 0.25) is 0 Å². The molecule has 290 valence electrons. The van der Waals surface area contributed by atoms with Gasteiger partial charge in [0.25, 0.3) is 20.2 Å². The molecule has 0 aliphatic carbocycles. The van der Waals surface area contributed by atoms with E-state index in [2.05, 4.69) is 8.37 Å². The highest BCUT2D eigenvalue weighted by molar-refractivity contribution is 7.87. The Balaban J connectivity index is 6.26. The summed E-state index contributed by atoms with van der Waals surface area (Å²) in [5.74, 6) is -87.3. The fourth-order valence-corrected chi connectivity index (χ4v) is 5.01. The molecule has 0 aromatic carbocycles. The first-order valence-corrected chi connectivity index (χ1v) is 13.7. The molecule has 0 aliphatic heterocycles. The van der Waals surface area contributed by atoms with Gasteiger partial charge in [0.1, 0.15) is 11.5 Å². The molecule has 32 heteroatoms. The summed E-state index contributed by atoms with van der Waals surface area (Å²) in [6.45, 7) is -0.417. The number of alkyl halides is 24. The third kappa shape index (κ3) is 7.57. The summed E-state index contributed by atoms with van der Waals surface area (Å²) < 4.78 is 368.